The fourth-order valence-corrected chi connectivity index (χ4v) is 3.78. The molecule has 1 unspecified atom stereocenters. The Labute approximate surface area is 138 Å². The highest BCUT2D eigenvalue weighted by atomic mass is 16.3. The van der Waals surface area contributed by atoms with Gasteiger partial charge >= 0.3 is 0 Å². The maximum absolute atomic E-state index is 10.7. The second-order valence-corrected chi connectivity index (χ2v) is 7.40. The molecule has 1 atom stereocenters. The van der Waals surface area contributed by atoms with Crippen molar-refractivity contribution >= 4 is 11.0 Å². The van der Waals surface area contributed by atoms with Gasteiger partial charge in [0.05, 0.1) is 23.2 Å². The summed E-state index contributed by atoms with van der Waals surface area (Å²) in [5, 5.41) is 10.7. The number of fused-ring (bicyclic) bond motifs is 1. The lowest BCUT2D eigenvalue weighted by Crippen LogP contribution is -2.42. The fraction of sp³-hybridized carbons (Fsp3) is 0.611. The number of hydrogen-bond donors (Lipinski definition) is 1. The Balaban J connectivity index is 1.81. The summed E-state index contributed by atoms with van der Waals surface area (Å²) in [6, 6.07) is 8.69. The number of β-amino-alcohol motifs (C(OH)–C–C–N with tert-alkyl or cyclic N) is 1. The predicted molar refractivity (Wildman–Crippen MR) is 93.5 cm³/mol. The van der Waals surface area contributed by atoms with E-state index in [0.717, 1.165) is 30.9 Å². The van der Waals surface area contributed by atoms with Crippen LogP contribution in [0.2, 0.25) is 0 Å². The molecule has 23 heavy (non-hydrogen) atoms. The van der Waals surface area contributed by atoms with E-state index in [9.17, 15) is 5.11 Å². The van der Waals surface area contributed by atoms with Crippen LogP contribution in [0.1, 0.15) is 32.1 Å². The Morgan fingerprint density at radius 3 is 2.74 bits per heavy atom. The number of likely N-dealkylation sites (N-methyl/N-ethyl adjacent to an activating group) is 1. The molecule has 5 nitrogen and oxygen atoms in total. The lowest BCUT2D eigenvalue weighted by Gasteiger charge is -2.27. The third-order valence-electron chi connectivity index (χ3n) is 4.57. The first kappa shape index (κ1) is 16.4. The summed E-state index contributed by atoms with van der Waals surface area (Å²) in [6.07, 6.45) is 0.826. The summed E-state index contributed by atoms with van der Waals surface area (Å²) >= 11 is 0. The highest BCUT2D eigenvalue weighted by Crippen LogP contribution is 2.26. The highest BCUT2D eigenvalue weighted by Gasteiger charge is 2.36. The molecule has 1 saturated heterocycles. The van der Waals surface area contributed by atoms with Crippen molar-refractivity contribution < 1.29 is 5.11 Å². The number of likely N-dealkylation sites (tertiary alicyclic amines) is 1. The van der Waals surface area contributed by atoms with Gasteiger partial charge in [-0.3, -0.25) is 4.90 Å². The zero-order chi connectivity index (χ0) is 16.6. The first-order valence-corrected chi connectivity index (χ1v) is 8.43. The number of aliphatic hydroxyl groups is 1. The Morgan fingerprint density at radius 2 is 2.04 bits per heavy atom. The van der Waals surface area contributed by atoms with Crippen LogP contribution in [0.4, 0.5) is 0 Å². The summed E-state index contributed by atoms with van der Waals surface area (Å²) in [4.78, 5) is 9.22. The normalized spacial score (nSPS) is 22.7. The molecular formula is C18H28N4O. The highest BCUT2D eigenvalue weighted by molar-refractivity contribution is 5.76. The first-order chi connectivity index (χ1) is 10.9. The lowest BCUT2D eigenvalue weighted by atomic mass is 10.0. The number of benzene rings is 1. The van der Waals surface area contributed by atoms with E-state index in [1.54, 1.807) is 0 Å². The molecule has 0 saturated carbocycles. The van der Waals surface area contributed by atoms with Gasteiger partial charge in [0.25, 0.3) is 0 Å². The first-order valence-electron chi connectivity index (χ1n) is 8.43. The van der Waals surface area contributed by atoms with E-state index in [0.29, 0.717) is 19.1 Å². The van der Waals surface area contributed by atoms with Crippen molar-refractivity contribution in [2.45, 2.75) is 38.5 Å². The van der Waals surface area contributed by atoms with Crippen LogP contribution in [0.5, 0.6) is 0 Å². The van der Waals surface area contributed by atoms with Gasteiger partial charge in [0.1, 0.15) is 5.82 Å². The van der Waals surface area contributed by atoms with E-state index in [4.69, 9.17) is 4.98 Å². The molecule has 0 aliphatic carbocycles. The summed E-state index contributed by atoms with van der Waals surface area (Å²) in [5.74, 6) is 1.09. The van der Waals surface area contributed by atoms with Crippen molar-refractivity contribution in [1.82, 2.24) is 19.4 Å². The van der Waals surface area contributed by atoms with Crippen LogP contribution in [0.3, 0.4) is 0 Å². The molecule has 126 valence electrons. The largest absolute Gasteiger partial charge is 0.387 e. The van der Waals surface area contributed by atoms with Gasteiger partial charge in [-0.25, -0.2) is 4.98 Å². The van der Waals surface area contributed by atoms with E-state index in [1.165, 1.54) is 5.52 Å². The second kappa shape index (κ2) is 6.23. The van der Waals surface area contributed by atoms with Gasteiger partial charge in [-0.1, -0.05) is 12.1 Å². The average molecular weight is 316 g/mol. The maximum atomic E-state index is 10.7. The van der Waals surface area contributed by atoms with Crippen LogP contribution in [-0.2, 0) is 6.54 Å². The van der Waals surface area contributed by atoms with E-state index < -0.39 is 5.60 Å². The zero-order valence-corrected chi connectivity index (χ0v) is 14.7. The minimum absolute atomic E-state index is 0.376. The number of para-hydroxylation sites is 2. The molecule has 1 fully saturated rings. The molecule has 0 spiro atoms. The van der Waals surface area contributed by atoms with E-state index in [1.807, 2.05) is 20.2 Å². The van der Waals surface area contributed by atoms with Crippen molar-refractivity contribution in [2.75, 3.05) is 33.7 Å². The Morgan fingerprint density at radius 1 is 1.30 bits per heavy atom. The van der Waals surface area contributed by atoms with Crippen LogP contribution < -0.4 is 0 Å². The molecule has 0 radical (unpaired) electrons. The smallest absolute Gasteiger partial charge is 0.124 e. The molecule has 0 amide bonds. The van der Waals surface area contributed by atoms with Crippen LogP contribution in [-0.4, -0.2) is 63.8 Å². The molecule has 1 N–H and O–H groups in total. The van der Waals surface area contributed by atoms with Gasteiger partial charge in [-0.2, -0.15) is 0 Å². The Hall–Kier alpha value is -1.43. The minimum Gasteiger partial charge on any atom is -0.387 e. The molecule has 2 heterocycles. The van der Waals surface area contributed by atoms with E-state index in [-0.39, 0.29) is 0 Å². The van der Waals surface area contributed by atoms with Crippen molar-refractivity contribution in [1.29, 1.82) is 0 Å². The summed E-state index contributed by atoms with van der Waals surface area (Å²) < 4.78 is 2.32. The van der Waals surface area contributed by atoms with Crippen molar-refractivity contribution in [2.24, 2.45) is 0 Å². The SMILES string of the molecule is CC(C)n1c(CN2CCC(O)(CN(C)C)C2)nc2ccccc21. The summed E-state index contributed by atoms with van der Waals surface area (Å²) in [6.45, 7) is 7.54. The molecule has 1 aliphatic rings. The maximum Gasteiger partial charge on any atom is 0.124 e. The monoisotopic (exact) mass is 316 g/mol. The van der Waals surface area contributed by atoms with Crippen LogP contribution >= 0.6 is 0 Å². The molecule has 3 rings (SSSR count). The van der Waals surface area contributed by atoms with Crippen molar-refractivity contribution in [3.05, 3.63) is 30.1 Å². The third kappa shape index (κ3) is 3.42. The molecular weight excluding hydrogens is 288 g/mol. The van der Waals surface area contributed by atoms with Crippen LogP contribution in [0.25, 0.3) is 11.0 Å². The Kier molecular flexibility index (Phi) is 4.45. The molecule has 1 aromatic heterocycles. The summed E-state index contributed by atoms with van der Waals surface area (Å²) in [5.41, 5.74) is 1.65. The third-order valence-corrected chi connectivity index (χ3v) is 4.57. The molecule has 0 bridgehead atoms. The van der Waals surface area contributed by atoms with Crippen molar-refractivity contribution in [3.63, 3.8) is 0 Å². The van der Waals surface area contributed by atoms with Gasteiger partial charge in [0.2, 0.25) is 0 Å². The molecule has 2 aromatic rings. The number of imidazole rings is 1. The second-order valence-electron chi connectivity index (χ2n) is 7.40. The van der Waals surface area contributed by atoms with Gasteiger partial charge in [-0.15, -0.1) is 0 Å². The predicted octanol–water partition coefficient (Wildman–Crippen LogP) is 2.12. The lowest BCUT2D eigenvalue weighted by molar-refractivity contribution is 0.0237. The minimum atomic E-state index is -0.599. The number of aromatic nitrogens is 2. The molecule has 1 aromatic carbocycles. The number of hydrogen-bond acceptors (Lipinski definition) is 4. The number of nitrogens with zero attached hydrogens (tertiary/aromatic N) is 4. The standard InChI is InChI=1S/C18H28N4O/c1-14(2)22-16-8-6-5-7-15(16)19-17(22)11-21-10-9-18(23,13-21)12-20(3)4/h5-8,14,23H,9-13H2,1-4H3. The van der Waals surface area contributed by atoms with Gasteiger partial charge in [-0.05, 0) is 46.5 Å². The van der Waals surface area contributed by atoms with Crippen molar-refractivity contribution in [3.8, 4) is 0 Å². The fourth-order valence-electron chi connectivity index (χ4n) is 3.78. The summed E-state index contributed by atoms with van der Waals surface area (Å²) in [7, 11) is 4.03. The quantitative estimate of drug-likeness (QED) is 0.918. The van der Waals surface area contributed by atoms with Crippen LogP contribution in [0, 0.1) is 0 Å². The topological polar surface area (TPSA) is 44.5 Å². The number of rotatable bonds is 5. The average Bonchev–Trinajstić information content (AvgIpc) is 2.98. The van der Waals surface area contributed by atoms with E-state index >= 15 is 0 Å². The van der Waals surface area contributed by atoms with Gasteiger partial charge in [0.15, 0.2) is 0 Å². The van der Waals surface area contributed by atoms with Gasteiger partial charge < -0.3 is 14.6 Å². The Bertz CT molecular complexity index is 679. The zero-order valence-electron chi connectivity index (χ0n) is 14.7. The molecule has 5 heteroatoms. The van der Waals surface area contributed by atoms with Crippen LogP contribution in [0.15, 0.2) is 24.3 Å². The van der Waals surface area contributed by atoms with E-state index in [2.05, 4.69) is 46.4 Å². The molecule has 1 aliphatic heterocycles. The van der Waals surface area contributed by atoms with Gasteiger partial charge in [0, 0.05) is 25.7 Å².